The van der Waals surface area contributed by atoms with E-state index in [2.05, 4.69) is 10.5 Å². The zero-order valence-corrected chi connectivity index (χ0v) is 15.6. The van der Waals surface area contributed by atoms with E-state index in [1.54, 1.807) is 42.2 Å². The minimum Gasteiger partial charge on any atom is -0.361 e. The number of urea groups is 1. The average molecular weight is 378 g/mol. The molecule has 0 saturated carbocycles. The Balaban J connectivity index is 1.54. The molecule has 1 fully saturated rings. The maximum atomic E-state index is 12.7. The first-order valence-corrected chi connectivity index (χ1v) is 9.82. The number of carbonyl (C=O) groups excluding carboxylic acids is 1. The summed E-state index contributed by atoms with van der Waals surface area (Å²) in [6.45, 7) is 5.20. The van der Waals surface area contributed by atoms with Gasteiger partial charge in [-0.15, -0.1) is 0 Å². The lowest BCUT2D eigenvalue weighted by molar-refractivity contribution is 0.171. The van der Waals surface area contributed by atoms with Crippen LogP contribution in [0, 0.1) is 13.8 Å². The molecule has 0 bridgehead atoms. The van der Waals surface area contributed by atoms with Crippen LogP contribution in [0.1, 0.15) is 17.0 Å². The van der Waals surface area contributed by atoms with Crippen molar-refractivity contribution in [3.05, 3.63) is 47.3 Å². The number of rotatable bonds is 4. The minimum atomic E-state index is -3.53. The van der Waals surface area contributed by atoms with Gasteiger partial charge in [-0.05, 0) is 26.0 Å². The van der Waals surface area contributed by atoms with Crippen molar-refractivity contribution in [1.29, 1.82) is 0 Å². The van der Waals surface area contributed by atoms with Gasteiger partial charge in [0.15, 0.2) is 0 Å². The van der Waals surface area contributed by atoms with E-state index >= 15 is 0 Å². The van der Waals surface area contributed by atoms with E-state index in [-0.39, 0.29) is 30.6 Å². The molecule has 2 aromatic rings. The molecule has 9 heteroatoms. The lowest BCUT2D eigenvalue weighted by Gasteiger charge is -2.33. The van der Waals surface area contributed by atoms with E-state index in [9.17, 15) is 13.2 Å². The molecule has 1 aliphatic heterocycles. The highest BCUT2D eigenvalue weighted by Gasteiger charge is 2.30. The van der Waals surface area contributed by atoms with Gasteiger partial charge in [0, 0.05) is 32.2 Å². The molecule has 1 saturated heterocycles. The summed E-state index contributed by atoms with van der Waals surface area (Å²) >= 11 is 0. The zero-order valence-electron chi connectivity index (χ0n) is 14.8. The molecule has 1 aliphatic rings. The van der Waals surface area contributed by atoms with Crippen LogP contribution in [0.15, 0.2) is 39.8 Å². The summed E-state index contributed by atoms with van der Waals surface area (Å²) in [4.78, 5) is 14.1. The molecule has 0 spiro atoms. The first kappa shape index (κ1) is 18.4. The molecular formula is C17H22N4O4S. The lowest BCUT2D eigenvalue weighted by atomic mass is 10.2. The molecule has 140 valence electrons. The van der Waals surface area contributed by atoms with Crippen LogP contribution in [0.2, 0.25) is 0 Å². The van der Waals surface area contributed by atoms with Gasteiger partial charge in [0.05, 0.1) is 11.4 Å². The number of aryl methyl sites for hydroxylation is 2. The summed E-state index contributed by atoms with van der Waals surface area (Å²) < 4.78 is 31.7. The third-order valence-corrected chi connectivity index (χ3v) is 6.19. The Labute approximate surface area is 152 Å². The maximum Gasteiger partial charge on any atom is 0.317 e. The van der Waals surface area contributed by atoms with E-state index in [1.165, 1.54) is 4.31 Å². The molecular weight excluding hydrogens is 356 g/mol. The van der Waals surface area contributed by atoms with Gasteiger partial charge >= 0.3 is 6.03 Å². The summed E-state index contributed by atoms with van der Waals surface area (Å²) in [6.07, 6.45) is 0. The van der Waals surface area contributed by atoms with Crippen molar-refractivity contribution < 1.29 is 17.7 Å². The Hall–Kier alpha value is -2.39. The normalized spacial score (nSPS) is 15.8. The molecule has 0 aliphatic carbocycles. The molecule has 8 nitrogen and oxygen atoms in total. The number of benzene rings is 1. The van der Waals surface area contributed by atoms with Gasteiger partial charge in [-0.25, -0.2) is 13.2 Å². The summed E-state index contributed by atoms with van der Waals surface area (Å²) in [7, 11) is -3.53. The predicted octanol–water partition coefficient (Wildman–Crippen LogP) is 1.51. The fourth-order valence-electron chi connectivity index (χ4n) is 2.77. The summed E-state index contributed by atoms with van der Waals surface area (Å²) in [6, 6.07) is 8.31. The number of amides is 2. The number of hydrogen-bond acceptors (Lipinski definition) is 5. The molecule has 26 heavy (non-hydrogen) atoms. The molecule has 0 radical (unpaired) electrons. The fourth-order valence-corrected chi connectivity index (χ4v) is 4.19. The smallest absolute Gasteiger partial charge is 0.317 e. The van der Waals surface area contributed by atoms with Gasteiger partial charge < -0.3 is 14.7 Å². The van der Waals surface area contributed by atoms with Crippen molar-refractivity contribution in [3.8, 4) is 0 Å². The Morgan fingerprint density at radius 2 is 1.81 bits per heavy atom. The van der Waals surface area contributed by atoms with Gasteiger partial charge in [-0.3, -0.25) is 0 Å². The van der Waals surface area contributed by atoms with E-state index in [0.29, 0.717) is 24.5 Å². The summed E-state index contributed by atoms with van der Waals surface area (Å²) in [5, 5.41) is 6.59. The van der Waals surface area contributed by atoms with Crippen LogP contribution in [0.4, 0.5) is 4.79 Å². The second kappa shape index (κ2) is 7.46. The fraction of sp³-hybridized carbons (Fsp3) is 0.412. The highest BCUT2D eigenvalue weighted by atomic mass is 32.2. The molecule has 3 rings (SSSR count). The maximum absolute atomic E-state index is 12.7. The van der Waals surface area contributed by atoms with Crippen molar-refractivity contribution in [1.82, 2.24) is 19.7 Å². The second-order valence-corrected chi connectivity index (χ2v) is 8.23. The van der Waals surface area contributed by atoms with Gasteiger partial charge in [0.25, 0.3) is 0 Å². The SMILES string of the molecule is Cc1ccc(S(=O)(=O)N2CCN(C(=O)NCc3cc(C)on3)CC2)cc1. The van der Waals surface area contributed by atoms with Crippen LogP contribution < -0.4 is 5.32 Å². The van der Waals surface area contributed by atoms with Crippen LogP contribution >= 0.6 is 0 Å². The van der Waals surface area contributed by atoms with Crippen molar-refractivity contribution >= 4 is 16.1 Å². The molecule has 0 atom stereocenters. The molecule has 1 N–H and O–H groups in total. The van der Waals surface area contributed by atoms with Crippen molar-refractivity contribution in [2.45, 2.75) is 25.3 Å². The molecule has 1 aromatic carbocycles. The number of carbonyl (C=O) groups is 1. The van der Waals surface area contributed by atoms with Crippen LogP contribution in [0.5, 0.6) is 0 Å². The number of sulfonamides is 1. The third-order valence-electron chi connectivity index (χ3n) is 4.28. The Kier molecular flexibility index (Phi) is 5.28. The zero-order chi connectivity index (χ0) is 18.7. The first-order valence-electron chi connectivity index (χ1n) is 8.38. The summed E-state index contributed by atoms with van der Waals surface area (Å²) in [5.41, 5.74) is 1.66. The number of hydrogen-bond donors (Lipinski definition) is 1. The third kappa shape index (κ3) is 4.05. The number of nitrogens with one attached hydrogen (secondary N) is 1. The Bertz CT molecular complexity index is 868. The van der Waals surface area contributed by atoms with Gasteiger partial charge in [-0.1, -0.05) is 22.9 Å². The van der Waals surface area contributed by atoms with Crippen LogP contribution in [-0.2, 0) is 16.6 Å². The monoisotopic (exact) mass is 378 g/mol. The topological polar surface area (TPSA) is 95.8 Å². The quantitative estimate of drug-likeness (QED) is 0.870. The van der Waals surface area contributed by atoms with Gasteiger partial charge in [0.1, 0.15) is 11.5 Å². The van der Waals surface area contributed by atoms with Crippen LogP contribution in [0.3, 0.4) is 0 Å². The highest BCUT2D eigenvalue weighted by Crippen LogP contribution is 2.18. The largest absolute Gasteiger partial charge is 0.361 e. The molecule has 1 aromatic heterocycles. The van der Waals surface area contributed by atoms with Crippen LogP contribution in [-0.4, -0.2) is 55.0 Å². The minimum absolute atomic E-state index is 0.238. The average Bonchev–Trinajstić information content (AvgIpc) is 3.05. The van der Waals surface area contributed by atoms with Gasteiger partial charge in [0.2, 0.25) is 10.0 Å². The second-order valence-electron chi connectivity index (χ2n) is 6.29. The van der Waals surface area contributed by atoms with E-state index < -0.39 is 10.0 Å². The van der Waals surface area contributed by atoms with Crippen molar-refractivity contribution in [3.63, 3.8) is 0 Å². The Morgan fingerprint density at radius 1 is 1.15 bits per heavy atom. The Morgan fingerprint density at radius 3 is 2.38 bits per heavy atom. The van der Waals surface area contributed by atoms with E-state index in [1.807, 2.05) is 6.92 Å². The predicted molar refractivity (Wildman–Crippen MR) is 95.0 cm³/mol. The molecule has 0 unspecified atom stereocenters. The van der Waals surface area contributed by atoms with Crippen molar-refractivity contribution in [2.75, 3.05) is 26.2 Å². The van der Waals surface area contributed by atoms with E-state index in [0.717, 1.165) is 5.56 Å². The molecule has 2 amide bonds. The number of aromatic nitrogens is 1. The van der Waals surface area contributed by atoms with Gasteiger partial charge in [-0.2, -0.15) is 4.31 Å². The van der Waals surface area contributed by atoms with Crippen molar-refractivity contribution in [2.24, 2.45) is 0 Å². The van der Waals surface area contributed by atoms with Crippen LogP contribution in [0.25, 0.3) is 0 Å². The molecule has 2 heterocycles. The highest BCUT2D eigenvalue weighted by molar-refractivity contribution is 7.89. The summed E-state index contributed by atoms with van der Waals surface area (Å²) in [5.74, 6) is 0.684. The van der Waals surface area contributed by atoms with E-state index in [4.69, 9.17) is 4.52 Å². The number of piperazine rings is 1. The lowest BCUT2D eigenvalue weighted by Crippen LogP contribution is -2.52. The number of nitrogens with zero attached hydrogens (tertiary/aromatic N) is 3. The standard InChI is InChI=1S/C17H22N4O4S/c1-13-3-5-16(6-4-13)26(23,24)21-9-7-20(8-10-21)17(22)18-12-15-11-14(2)25-19-15/h3-6,11H,7-10,12H2,1-2H3,(H,18,22). The first-order chi connectivity index (χ1) is 12.4.